The van der Waals surface area contributed by atoms with E-state index in [9.17, 15) is 4.79 Å². The topological polar surface area (TPSA) is 68.0 Å². The third kappa shape index (κ3) is 5.78. The van der Waals surface area contributed by atoms with Crippen LogP contribution in [-0.4, -0.2) is 16.0 Å². The molecule has 28 heavy (non-hydrogen) atoms. The molecule has 1 heterocycles. The molecule has 3 aromatic rings. The van der Waals surface area contributed by atoms with E-state index in [-0.39, 0.29) is 5.91 Å². The summed E-state index contributed by atoms with van der Waals surface area (Å²) in [5.41, 5.74) is 4.21. The van der Waals surface area contributed by atoms with Gasteiger partial charge in [-0.1, -0.05) is 66.9 Å². The third-order valence-corrected chi connectivity index (χ3v) is 4.65. The first kappa shape index (κ1) is 19.8. The van der Waals surface area contributed by atoms with Gasteiger partial charge in [-0.3, -0.25) is 4.79 Å². The second-order valence-electron chi connectivity index (χ2n) is 7.08. The minimum atomic E-state index is -0.0613. The normalized spacial score (nSPS) is 10.8. The number of amides is 1. The number of aryl methyl sites for hydroxylation is 3. The average molecular weight is 377 g/mol. The van der Waals surface area contributed by atoms with Crippen LogP contribution in [0.2, 0.25) is 0 Å². The van der Waals surface area contributed by atoms with Crippen molar-refractivity contribution in [1.29, 1.82) is 0 Å². The highest BCUT2D eigenvalue weighted by molar-refractivity contribution is 5.90. The molecule has 1 amide bonds. The molecule has 0 bridgehead atoms. The number of hydrogen-bond acceptors (Lipinski definition) is 4. The molecule has 0 spiro atoms. The zero-order valence-electron chi connectivity index (χ0n) is 16.6. The van der Waals surface area contributed by atoms with Crippen LogP contribution in [0.25, 0.3) is 11.4 Å². The summed E-state index contributed by atoms with van der Waals surface area (Å²) in [7, 11) is 0. The van der Waals surface area contributed by atoms with Crippen molar-refractivity contribution in [3.8, 4) is 11.4 Å². The van der Waals surface area contributed by atoms with Crippen LogP contribution in [0.3, 0.4) is 0 Å². The quantitative estimate of drug-likeness (QED) is 0.511. The van der Waals surface area contributed by atoms with E-state index < -0.39 is 0 Å². The maximum absolute atomic E-state index is 12.2. The number of rotatable bonds is 9. The lowest BCUT2D eigenvalue weighted by Crippen LogP contribution is -2.12. The lowest BCUT2D eigenvalue weighted by Gasteiger charge is -2.06. The number of aromatic nitrogens is 2. The van der Waals surface area contributed by atoms with Crippen molar-refractivity contribution < 1.29 is 9.32 Å². The Morgan fingerprint density at radius 1 is 1.00 bits per heavy atom. The van der Waals surface area contributed by atoms with Crippen LogP contribution < -0.4 is 5.32 Å². The molecular formula is C23H27N3O2. The molecule has 5 heteroatoms. The van der Waals surface area contributed by atoms with Crippen molar-refractivity contribution in [2.24, 2.45) is 0 Å². The zero-order valence-corrected chi connectivity index (χ0v) is 16.6. The van der Waals surface area contributed by atoms with E-state index in [1.54, 1.807) is 0 Å². The van der Waals surface area contributed by atoms with Crippen LogP contribution in [0.4, 0.5) is 5.69 Å². The lowest BCUT2D eigenvalue weighted by atomic mass is 10.1. The van der Waals surface area contributed by atoms with Gasteiger partial charge >= 0.3 is 0 Å². The summed E-state index contributed by atoms with van der Waals surface area (Å²) in [6.45, 7) is 4.24. The first-order valence-electron chi connectivity index (χ1n) is 9.92. The molecular weight excluding hydrogens is 350 g/mol. The van der Waals surface area contributed by atoms with Gasteiger partial charge in [0.25, 0.3) is 0 Å². The molecule has 1 aromatic heterocycles. The summed E-state index contributed by atoms with van der Waals surface area (Å²) in [5.74, 6) is 0.958. The van der Waals surface area contributed by atoms with E-state index in [0.717, 1.165) is 17.7 Å². The van der Waals surface area contributed by atoms with Crippen molar-refractivity contribution >= 4 is 11.6 Å². The van der Waals surface area contributed by atoms with Crippen molar-refractivity contribution in [2.75, 3.05) is 5.32 Å². The molecule has 3 rings (SSSR count). The summed E-state index contributed by atoms with van der Waals surface area (Å²) >= 11 is 0. The molecule has 0 radical (unpaired) electrons. The third-order valence-electron chi connectivity index (χ3n) is 4.65. The van der Waals surface area contributed by atoms with Crippen LogP contribution in [0.1, 0.15) is 49.6 Å². The average Bonchev–Trinajstić information content (AvgIpc) is 3.18. The maximum atomic E-state index is 12.2. The number of hydrogen-bond donors (Lipinski definition) is 1. The van der Waals surface area contributed by atoms with Gasteiger partial charge in [-0.2, -0.15) is 4.98 Å². The van der Waals surface area contributed by atoms with Gasteiger partial charge in [-0.25, -0.2) is 0 Å². The number of nitrogens with one attached hydrogen (secondary N) is 1. The molecule has 0 saturated heterocycles. The smallest absolute Gasteiger partial charge is 0.227 e. The predicted molar refractivity (Wildman–Crippen MR) is 111 cm³/mol. The second-order valence-corrected chi connectivity index (χ2v) is 7.08. The minimum Gasteiger partial charge on any atom is -0.339 e. The summed E-state index contributed by atoms with van der Waals surface area (Å²) in [6.07, 6.45) is 5.48. The summed E-state index contributed by atoms with van der Waals surface area (Å²) < 4.78 is 5.27. The van der Waals surface area contributed by atoms with Crippen LogP contribution in [-0.2, 0) is 17.6 Å². The van der Waals surface area contributed by atoms with Gasteiger partial charge in [0.2, 0.25) is 17.6 Å². The fourth-order valence-electron chi connectivity index (χ4n) is 2.95. The van der Waals surface area contributed by atoms with Crippen molar-refractivity contribution in [3.63, 3.8) is 0 Å². The molecule has 0 aliphatic rings. The molecule has 0 saturated carbocycles. The van der Waals surface area contributed by atoms with Crippen LogP contribution >= 0.6 is 0 Å². The highest BCUT2D eigenvalue weighted by Gasteiger charge is 2.11. The van der Waals surface area contributed by atoms with Crippen LogP contribution in [0, 0.1) is 6.92 Å². The van der Waals surface area contributed by atoms with Crippen molar-refractivity contribution in [3.05, 3.63) is 65.5 Å². The number of nitrogens with zero attached hydrogens (tertiary/aromatic N) is 2. The Morgan fingerprint density at radius 2 is 1.75 bits per heavy atom. The number of benzene rings is 2. The van der Waals surface area contributed by atoms with Gasteiger partial charge in [0.1, 0.15) is 0 Å². The maximum Gasteiger partial charge on any atom is 0.227 e. The van der Waals surface area contributed by atoms with Gasteiger partial charge < -0.3 is 9.84 Å². The first-order chi connectivity index (χ1) is 13.6. The van der Waals surface area contributed by atoms with Gasteiger partial charge in [0.15, 0.2) is 0 Å². The van der Waals surface area contributed by atoms with E-state index in [1.807, 2.05) is 43.3 Å². The molecule has 0 atom stereocenters. The number of anilines is 1. The fourth-order valence-corrected chi connectivity index (χ4v) is 2.95. The van der Waals surface area contributed by atoms with E-state index in [0.29, 0.717) is 24.6 Å². The summed E-state index contributed by atoms with van der Waals surface area (Å²) in [6, 6.07) is 16.0. The molecule has 0 aliphatic carbocycles. The van der Waals surface area contributed by atoms with E-state index in [1.165, 1.54) is 30.4 Å². The number of carbonyl (C=O) groups excluding carboxylic acids is 1. The highest BCUT2D eigenvalue weighted by atomic mass is 16.5. The monoisotopic (exact) mass is 377 g/mol. The van der Waals surface area contributed by atoms with E-state index in [4.69, 9.17) is 4.52 Å². The number of carbonyl (C=O) groups is 1. The predicted octanol–water partition coefficient (Wildman–Crippen LogP) is 5.35. The first-order valence-corrected chi connectivity index (χ1v) is 9.92. The Hall–Kier alpha value is -2.95. The summed E-state index contributed by atoms with van der Waals surface area (Å²) in [4.78, 5) is 16.6. The largest absolute Gasteiger partial charge is 0.339 e. The zero-order chi connectivity index (χ0) is 19.8. The lowest BCUT2D eigenvalue weighted by molar-refractivity contribution is -0.116. The van der Waals surface area contributed by atoms with Gasteiger partial charge in [-0.05, 0) is 37.5 Å². The molecule has 2 aromatic carbocycles. The molecule has 146 valence electrons. The van der Waals surface area contributed by atoms with Gasteiger partial charge in [-0.15, -0.1) is 0 Å². The minimum absolute atomic E-state index is 0.0613. The molecule has 5 nitrogen and oxygen atoms in total. The standard InChI is InChI=1S/C23H27N3O2/c1-3-4-5-6-18-9-13-20(14-10-18)24-21(27)15-16-22-25-23(26-28-22)19-11-7-17(2)8-12-19/h7-14H,3-6,15-16H2,1-2H3,(H,24,27). The van der Waals surface area contributed by atoms with Gasteiger partial charge in [0, 0.05) is 24.1 Å². The molecule has 0 aliphatic heterocycles. The Balaban J connectivity index is 1.47. The van der Waals surface area contributed by atoms with Crippen LogP contribution in [0.15, 0.2) is 53.1 Å². The van der Waals surface area contributed by atoms with E-state index in [2.05, 4.69) is 34.5 Å². The Bertz CT molecular complexity index is 883. The van der Waals surface area contributed by atoms with Gasteiger partial charge in [0.05, 0.1) is 0 Å². The summed E-state index contributed by atoms with van der Waals surface area (Å²) in [5, 5.41) is 6.92. The van der Waals surface area contributed by atoms with Crippen molar-refractivity contribution in [2.45, 2.75) is 52.4 Å². The molecule has 0 unspecified atom stereocenters. The van der Waals surface area contributed by atoms with E-state index >= 15 is 0 Å². The highest BCUT2D eigenvalue weighted by Crippen LogP contribution is 2.17. The Labute approximate surface area is 166 Å². The second kappa shape index (κ2) is 9.83. The van der Waals surface area contributed by atoms with Crippen molar-refractivity contribution in [1.82, 2.24) is 10.1 Å². The number of unbranched alkanes of at least 4 members (excludes halogenated alkanes) is 2. The Kier molecular flexibility index (Phi) is 6.95. The SMILES string of the molecule is CCCCCc1ccc(NC(=O)CCc2nc(-c3ccc(C)cc3)no2)cc1. The van der Waals surface area contributed by atoms with Crippen LogP contribution in [0.5, 0.6) is 0 Å². The Morgan fingerprint density at radius 3 is 2.46 bits per heavy atom. The molecule has 1 N–H and O–H groups in total. The fraction of sp³-hybridized carbons (Fsp3) is 0.348. The molecule has 0 fully saturated rings.